The van der Waals surface area contributed by atoms with Crippen molar-refractivity contribution in [3.05, 3.63) is 29.1 Å². The van der Waals surface area contributed by atoms with Crippen molar-refractivity contribution < 1.29 is 21.2 Å². The van der Waals surface area contributed by atoms with Crippen molar-refractivity contribution in [3.8, 4) is 0 Å². The number of hydrogen-bond donors (Lipinski definition) is 0. The van der Waals surface area contributed by atoms with Gasteiger partial charge in [-0.05, 0) is 24.6 Å². The number of sulfone groups is 1. The average Bonchev–Trinajstić information content (AvgIpc) is 2.37. The molecule has 0 saturated carbocycles. The highest BCUT2D eigenvalue weighted by Gasteiger charge is 2.23. The first kappa shape index (κ1) is 18.3. The van der Waals surface area contributed by atoms with Crippen molar-refractivity contribution in [3.63, 3.8) is 0 Å². The molecule has 0 spiro atoms. The Hall–Kier alpha value is -0.700. The molecule has 0 saturated heterocycles. The molecular weight excluding hydrogens is 341 g/mol. The van der Waals surface area contributed by atoms with Crippen LogP contribution in [-0.2, 0) is 25.7 Å². The van der Waals surface area contributed by atoms with Gasteiger partial charge in [-0.3, -0.25) is 0 Å². The zero-order valence-electron chi connectivity index (χ0n) is 11.9. The van der Waals surface area contributed by atoms with Crippen molar-refractivity contribution in [1.82, 2.24) is 4.31 Å². The van der Waals surface area contributed by atoms with Crippen LogP contribution in [-0.4, -0.2) is 46.7 Å². The van der Waals surface area contributed by atoms with E-state index in [1.165, 1.54) is 26.1 Å². The first-order valence-corrected chi connectivity index (χ1v) is 10.0. The first-order valence-electron chi connectivity index (χ1n) is 5.98. The minimum absolute atomic E-state index is 0.0896. The van der Waals surface area contributed by atoms with Crippen molar-refractivity contribution in [1.29, 1.82) is 0 Å². The number of nitrogens with zero attached hydrogens (tertiary/aromatic N) is 1. The summed E-state index contributed by atoms with van der Waals surface area (Å²) in [4.78, 5) is -0.104. The maximum absolute atomic E-state index is 13.7. The molecule has 5 nitrogen and oxygen atoms in total. The van der Waals surface area contributed by atoms with Crippen LogP contribution in [0.15, 0.2) is 17.0 Å². The highest BCUT2D eigenvalue weighted by molar-refractivity contribution is 7.91. The lowest BCUT2D eigenvalue weighted by molar-refractivity contribution is 0.484. The van der Waals surface area contributed by atoms with Crippen LogP contribution in [0.1, 0.15) is 11.1 Å². The van der Waals surface area contributed by atoms with E-state index in [4.69, 9.17) is 11.6 Å². The smallest absolute Gasteiger partial charge is 0.229 e. The van der Waals surface area contributed by atoms with Crippen LogP contribution in [0, 0.1) is 12.7 Å². The average molecular weight is 358 g/mol. The highest BCUT2D eigenvalue weighted by Crippen LogP contribution is 2.22. The van der Waals surface area contributed by atoms with E-state index in [1.807, 2.05) is 0 Å². The van der Waals surface area contributed by atoms with Gasteiger partial charge in [0.05, 0.1) is 16.5 Å². The summed E-state index contributed by atoms with van der Waals surface area (Å²) >= 11 is 5.60. The Morgan fingerprint density at radius 2 is 1.81 bits per heavy atom. The second-order valence-electron chi connectivity index (χ2n) is 4.80. The molecular formula is C12H17ClFNO4S2. The molecule has 0 heterocycles. The summed E-state index contributed by atoms with van der Waals surface area (Å²) in [5.74, 6) is -0.975. The Morgan fingerprint density at radius 1 is 1.24 bits per heavy atom. The number of alkyl halides is 1. The lowest BCUT2D eigenvalue weighted by Gasteiger charge is -2.18. The fourth-order valence-corrected chi connectivity index (χ4v) is 3.87. The monoisotopic (exact) mass is 357 g/mol. The van der Waals surface area contributed by atoms with Crippen molar-refractivity contribution in [2.45, 2.75) is 17.7 Å². The van der Waals surface area contributed by atoms with E-state index in [2.05, 4.69) is 0 Å². The van der Waals surface area contributed by atoms with E-state index in [1.54, 1.807) is 0 Å². The van der Waals surface area contributed by atoms with Crippen LogP contribution in [0.5, 0.6) is 0 Å². The SMILES string of the molecule is Cc1cc(S(=O)(=O)N(C)CCS(C)(=O)=O)cc(CCl)c1F. The Labute approximate surface area is 129 Å². The second-order valence-corrected chi connectivity index (χ2v) is 9.38. The third-order valence-corrected chi connectivity index (χ3v) is 5.98. The minimum atomic E-state index is -3.89. The van der Waals surface area contributed by atoms with E-state index < -0.39 is 25.7 Å². The number of rotatable bonds is 6. The summed E-state index contributed by atoms with van der Waals surface area (Å²) in [6.45, 7) is 1.27. The first-order chi connectivity index (χ1) is 9.49. The van der Waals surface area contributed by atoms with Gasteiger partial charge < -0.3 is 0 Å². The van der Waals surface area contributed by atoms with Gasteiger partial charge in [-0.25, -0.2) is 21.2 Å². The van der Waals surface area contributed by atoms with E-state index >= 15 is 0 Å². The topological polar surface area (TPSA) is 71.5 Å². The zero-order chi connectivity index (χ0) is 16.4. The van der Waals surface area contributed by atoms with Gasteiger partial charge in [0.25, 0.3) is 0 Å². The summed E-state index contributed by atoms with van der Waals surface area (Å²) in [6.07, 6.45) is 1.03. The van der Waals surface area contributed by atoms with Gasteiger partial charge in [0.2, 0.25) is 10.0 Å². The highest BCUT2D eigenvalue weighted by atomic mass is 35.5. The molecule has 1 aromatic carbocycles. The van der Waals surface area contributed by atoms with E-state index in [9.17, 15) is 21.2 Å². The standard InChI is InChI=1S/C12H17ClFNO4S2/c1-9-6-11(7-10(8-13)12(9)14)21(18,19)15(2)4-5-20(3,16)17/h6-7H,4-5,8H2,1-3H3. The van der Waals surface area contributed by atoms with E-state index in [-0.39, 0.29) is 34.2 Å². The lowest BCUT2D eigenvalue weighted by Crippen LogP contribution is -2.31. The summed E-state index contributed by atoms with van der Waals surface area (Å²) in [7, 11) is -5.89. The van der Waals surface area contributed by atoms with Crippen LogP contribution in [0.25, 0.3) is 0 Å². The number of benzene rings is 1. The molecule has 0 N–H and O–H groups in total. The molecule has 0 fully saturated rings. The normalized spacial score (nSPS) is 12.9. The lowest BCUT2D eigenvalue weighted by atomic mass is 10.1. The van der Waals surface area contributed by atoms with Gasteiger partial charge in [-0.15, -0.1) is 11.6 Å². The molecule has 21 heavy (non-hydrogen) atoms. The van der Waals surface area contributed by atoms with Crippen LogP contribution in [0.4, 0.5) is 4.39 Å². The molecule has 0 radical (unpaired) electrons. The summed E-state index contributed by atoms with van der Waals surface area (Å²) in [6, 6.07) is 2.37. The predicted molar refractivity (Wildman–Crippen MR) is 80.2 cm³/mol. The second kappa shape index (κ2) is 6.60. The molecule has 1 aromatic rings. The molecule has 0 aliphatic rings. The molecule has 0 unspecified atom stereocenters. The van der Waals surface area contributed by atoms with Gasteiger partial charge >= 0.3 is 0 Å². The van der Waals surface area contributed by atoms with Gasteiger partial charge in [0.1, 0.15) is 15.7 Å². The Morgan fingerprint density at radius 3 is 2.29 bits per heavy atom. The Bertz CT molecular complexity index is 732. The third kappa shape index (κ3) is 4.64. The fourth-order valence-electron chi connectivity index (χ4n) is 1.65. The Kier molecular flexibility index (Phi) is 5.76. The molecule has 1 rings (SSSR count). The van der Waals surface area contributed by atoms with Gasteiger partial charge in [-0.2, -0.15) is 4.31 Å². The third-order valence-electron chi connectivity index (χ3n) is 2.93. The number of hydrogen-bond acceptors (Lipinski definition) is 4. The van der Waals surface area contributed by atoms with Crippen molar-refractivity contribution >= 4 is 31.5 Å². The quantitative estimate of drug-likeness (QED) is 0.724. The van der Waals surface area contributed by atoms with Crippen LogP contribution in [0.2, 0.25) is 0 Å². The molecule has 0 aliphatic heterocycles. The minimum Gasteiger partial charge on any atom is -0.229 e. The largest absolute Gasteiger partial charge is 0.242 e. The van der Waals surface area contributed by atoms with Crippen LogP contribution in [0.3, 0.4) is 0 Å². The molecule has 120 valence electrons. The van der Waals surface area contributed by atoms with Gasteiger partial charge in [0.15, 0.2) is 0 Å². The number of halogens is 2. The molecule has 0 bridgehead atoms. The van der Waals surface area contributed by atoms with Crippen LogP contribution >= 0.6 is 11.6 Å². The van der Waals surface area contributed by atoms with Gasteiger partial charge in [0, 0.05) is 25.4 Å². The van der Waals surface area contributed by atoms with E-state index in [0.29, 0.717) is 0 Å². The Balaban J connectivity index is 3.16. The predicted octanol–water partition coefficient (Wildman–Crippen LogP) is 1.54. The molecule has 0 aromatic heterocycles. The molecule has 0 atom stereocenters. The maximum Gasteiger partial charge on any atom is 0.242 e. The molecule has 0 amide bonds. The molecule has 9 heteroatoms. The zero-order valence-corrected chi connectivity index (χ0v) is 14.3. The summed E-state index contributed by atoms with van der Waals surface area (Å²) < 4.78 is 61.5. The fraction of sp³-hybridized carbons (Fsp3) is 0.500. The van der Waals surface area contributed by atoms with Crippen molar-refractivity contribution in [2.75, 3.05) is 25.6 Å². The number of aryl methyl sites for hydroxylation is 1. The van der Waals surface area contributed by atoms with E-state index in [0.717, 1.165) is 10.6 Å². The van der Waals surface area contributed by atoms with Crippen LogP contribution < -0.4 is 0 Å². The number of sulfonamides is 1. The van der Waals surface area contributed by atoms with Crippen molar-refractivity contribution in [2.24, 2.45) is 0 Å². The van der Waals surface area contributed by atoms with Gasteiger partial charge in [-0.1, -0.05) is 0 Å². The summed E-state index contributed by atoms with van der Waals surface area (Å²) in [5, 5.41) is 0. The molecule has 0 aliphatic carbocycles. The summed E-state index contributed by atoms with van der Waals surface area (Å²) in [5.41, 5.74) is 0.259. The maximum atomic E-state index is 13.7.